The molecule has 0 bridgehead atoms. The van der Waals surface area contributed by atoms with E-state index in [0.29, 0.717) is 6.61 Å². The molecule has 157 valence electrons. The lowest BCUT2D eigenvalue weighted by atomic mass is 10.1. The van der Waals surface area contributed by atoms with Crippen LogP contribution in [-0.2, 0) is 9.30 Å². The molecule has 0 rings (SSSR count). The van der Waals surface area contributed by atoms with E-state index in [0.717, 1.165) is 6.61 Å². The minimum atomic E-state index is -4.64. The highest BCUT2D eigenvalue weighted by molar-refractivity contribution is 7.45. The van der Waals surface area contributed by atoms with E-state index in [4.69, 9.17) is 24.0 Å². The summed E-state index contributed by atoms with van der Waals surface area (Å²) in [6, 6.07) is 0. The average molecular weight is 394 g/mol. The van der Waals surface area contributed by atoms with E-state index in [-0.39, 0.29) is 0 Å². The van der Waals surface area contributed by atoms with Gasteiger partial charge in [0.05, 0.1) is 0 Å². The van der Waals surface area contributed by atoms with Gasteiger partial charge in [-0.3, -0.25) is 0 Å². The van der Waals surface area contributed by atoms with Crippen LogP contribution in [0.25, 0.3) is 0 Å². The maximum Gasteiger partial charge on any atom is 0.466 e. The van der Waals surface area contributed by atoms with Crippen molar-refractivity contribution in [3.05, 3.63) is 19.1 Å². The number of unbranched alkanes of at least 4 members (excludes halogenated alkanes) is 12. The highest BCUT2D eigenvalue weighted by Gasteiger charge is 2.00. The molecule has 0 aliphatic carbocycles. The maximum absolute atomic E-state index is 8.88. The van der Waals surface area contributed by atoms with Crippen molar-refractivity contribution >= 4 is 7.82 Å². The molecule has 0 aromatic heterocycles. The van der Waals surface area contributed by atoms with Crippen LogP contribution in [0, 0.1) is 6.92 Å². The number of allylic oxidation sites excluding steroid dienone is 2. The largest absolute Gasteiger partial charge is 0.466 e. The van der Waals surface area contributed by atoms with Crippen LogP contribution in [0.2, 0.25) is 0 Å². The van der Waals surface area contributed by atoms with Crippen molar-refractivity contribution in [1.29, 1.82) is 0 Å². The second kappa shape index (κ2) is 22.9. The first-order valence-electron chi connectivity index (χ1n) is 10.2. The summed E-state index contributed by atoms with van der Waals surface area (Å²) in [5.41, 5.74) is 0. The summed E-state index contributed by atoms with van der Waals surface area (Å²) in [7, 11) is -4.64. The highest BCUT2D eigenvalue weighted by atomic mass is 31.2. The van der Waals surface area contributed by atoms with Crippen molar-refractivity contribution in [2.75, 3.05) is 13.2 Å². The second-order valence-electron chi connectivity index (χ2n) is 6.56. The number of ether oxygens (including phenoxy) is 1. The quantitative estimate of drug-likeness (QED) is 0.162. The minimum absolute atomic E-state index is 0.616. The van der Waals surface area contributed by atoms with Gasteiger partial charge < -0.3 is 19.4 Å². The average Bonchev–Trinajstić information content (AvgIpc) is 2.56. The van der Waals surface area contributed by atoms with Gasteiger partial charge in [-0.25, -0.2) is 4.57 Å². The third-order valence-electron chi connectivity index (χ3n) is 3.94. The number of hydrogen-bond donors (Lipinski definition) is 3. The summed E-state index contributed by atoms with van der Waals surface area (Å²) >= 11 is 0. The van der Waals surface area contributed by atoms with Gasteiger partial charge in [0.15, 0.2) is 0 Å². The molecule has 0 aromatic carbocycles. The molecule has 0 aromatic rings. The van der Waals surface area contributed by atoms with Crippen molar-refractivity contribution in [3.63, 3.8) is 0 Å². The smallest absolute Gasteiger partial charge is 0.381 e. The summed E-state index contributed by atoms with van der Waals surface area (Å²) < 4.78 is 14.1. The van der Waals surface area contributed by atoms with Gasteiger partial charge in [0.2, 0.25) is 0 Å². The van der Waals surface area contributed by atoms with Crippen LogP contribution < -0.4 is 0 Å². The molecular formula is C20H42O5P. The Kier molecular flexibility index (Phi) is 24.6. The molecule has 0 aliphatic rings. The summed E-state index contributed by atoms with van der Waals surface area (Å²) in [5.74, 6) is 0. The molecule has 0 atom stereocenters. The lowest BCUT2D eigenvalue weighted by molar-refractivity contribution is 0.156. The minimum Gasteiger partial charge on any atom is -0.381 e. The first-order chi connectivity index (χ1) is 12.4. The Morgan fingerprint density at radius 2 is 1.15 bits per heavy atom. The zero-order valence-corrected chi connectivity index (χ0v) is 17.7. The molecule has 3 N–H and O–H groups in total. The molecule has 1 radical (unpaired) electrons. The summed E-state index contributed by atoms with van der Waals surface area (Å²) in [6.45, 7) is 7.46. The molecule has 26 heavy (non-hydrogen) atoms. The van der Waals surface area contributed by atoms with Crippen molar-refractivity contribution in [1.82, 2.24) is 0 Å². The molecule has 0 unspecified atom stereocenters. The van der Waals surface area contributed by atoms with Gasteiger partial charge in [-0.15, -0.1) is 0 Å². The molecule has 5 nitrogen and oxygen atoms in total. The van der Waals surface area contributed by atoms with Gasteiger partial charge in [-0.1, -0.05) is 76.9 Å². The van der Waals surface area contributed by atoms with Crippen LogP contribution in [0.4, 0.5) is 0 Å². The van der Waals surface area contributed by atoms with Gasteiger partial charge in [0, 0.05) is 13.2 Å². The zero-order chi connectivity index (χ0) is 19.9. The lowest BCUT2D eigenvalue weighted by Crippen LogP contribution is -1.93. The Morgan fingerprint density at radius 1 is 0.769 bits per heavy atom. The molecule has 6 heteroatoms. The predicted octanol–water partition coefficient (Wildman–Crippen LogP) is 5.95. The van der Waals surface area contributed by atoms with Gasteiger partial charge >= 0.3 is 7.82 Å². The predicted molar refractivity (Wildman–Crippen MR) is 110 cm³/mol. The fourth-order valence-electron chi connectivity index (χ4n) is 2.55. The molecule has 0 amide bonds. The first-order valence-corrected chi connectivity index (χ1v) is 11.8. The summed E-state index contributed by atoms with van der Waals surface area (Å²) in [4.78, 5) is 21.6. The van der Waals surface area contributed by atoms with Crippen LogP contribution in [0.5, 0.6) is 0 Å². The SMILES string of the molecule is O=P(O)(O)O.[CH2]COCCCCCCCC/C=C\CCCCCCCC. The number of rotatable bonds is 17. The van der Waals surface area contributed by atoms with Crippen molar-refractivity contribution in [3.8, 4) is 0 Å². The first kappa shape index (κ1) is 28.0. The third-order valence-corrected chi connectivity index (χ3v) is 3.94. The van der Waals surface area contributed by atoms with E-state index in [2.05, 4.69) is 26.0 Å². The van der Waals surface area contributed by atoms with Gasteiger partial charge in [0.25, 0.3) is 0 Å². The zero-order valence-electron chi connectivity index (χ0n) is 16.8. The third kappa shape index (κ3) is 39.1. The Hall–Kier alpha value is -0.190. The molecular weight excluding hydrogens is 351 g/mol. The van der Waals surface area contributed by atoms with E-state index >= 15 is 0 Å². The molecule has 0 heterocycles. The van der Waals surface area contributed by atoms with Gasteiger partial charge in [-0.05, 0) is 39.0 Å². The molecule has 0 saturated carbocycles. The van der Waals surface area contributed by atoms with Crippen molar-refractivity contribution in [2.24, 2.45) is 0 Å². The van der Waals surface area contributed by atoms with Crippen LogP contribution in [0.3, 0.4) is 0 Å². The fourth-order valence-corrected chi connectivity index (χ4v) is 2.55. The monoisotopic (exact) mass is 393 g/mol. The van der Waals surface area contributed by atoms with Crippen LogP contribution >= 0.6 is 7.82 Å². The van der Waals surface area contributed by atoms with Crippen LogP contribution in [0.1, 0.15) is 96.8 Å². The van der Waals surface area contributed by atoms with E-state index in [9.17, 15) is 0 Å². The highest BCUT2D eigenvalue weighted by Crippen LogP contribution is 2.25. The van der Waals surface area contributed by atoms with E-state index < -0.39 is 7.82 Å². The van der Waals surface area contributed by atoms with Crippen LogP contribution in [-0.4, -0.2) is 27.9 Å². The maximum atomic E-state index is 8.88. The summed E-state index contributed by atoms with van der Waals surface area (Å²) in [6.07, 6.45) is 23.8. The molecule has 0 saturated heterocycles. The Bertz CT molecular complexity index is 320. The lowest BCUT2D eigenvalue weighted by Gasteiger charge is -2.01. The summed E-state index contributed by atoms with van der Waals surface area (Å²) in [5, 5.41) is 0. The van der Waals surface area contributed by atoms with Gasteiger partial charge in [0.1, 0.15) is 0 Å². The number of phosphoric acid groups is 1. The van der Waals surface area contributed by atoms with Crippen molar-refractivity contribution in [2.45, 2.75) is 96.8 Å². The topological polar surface area (TPSA) is 87.0 Å². The van der Waals surface area contributed by atoms with E-state index in [1.807, 2.05) is 0 Å². The second-order valence-corrected chi connectivity index (χ2v) is 7.59. The molecule has 0 spiro atoms. The van der Waals surface area contributed by atoms with Crippen molar-refractivity contribution < 1.29 is 24.0 Å². The Morgan fingerprint density at radius 3 is 1.58 bits per heavy atom. The van der Waals surface area contributed by atoms with E-state index in [1.165, 1.54) is 89.9 Å². The standard InChI is InChI=1S/C20H39O.H3O4P/c1-3-5-6-7-8-9-10-11-12-13-14-15-16-17-18-19-20-21-4-2;1-5(2,3)4/h11-12H,2-10,13-20H2,1H3;(H3,1,2,3,4)/b12-11-;. The normalized spacial score (nSPS) is 11.6. The number of hydrogen-bond acceptors (Lipinski definition) is 2. The fraction of sp³-hybridized carbons (Fsp3) is 0.850. The van der Waals surface area contributed by atoms with Gasteiger partial charge in [-0.2, -0.15) is 0 Å². The molecule has 0 aliphatic heterocycles. The van der Waals surface area contributed by atoms with E-state index in [1.54, 1.807) is 0 Å². The Labute approximate surface area is 161 Å². The Balaban J connectivity index is 0. The van der Waals surface area contributed by atoms with Crippen LogP contribution in [0.15, 0.2) is 12.2 Å². The molecule has 0 fully saturated rings.